The van der Waals surface area contributed by atoms with Gasteiger partial charge in [0.25, 0.3) is 5.69 Å². The molecular weight excluding hydrogens is 264 g/mol. The van der Waals surface area contributed by atoms with Crippen LogP contribution in [0.2, 0.25) is 5.02 Å². The van der Waals surface area contributed by atoms with Crippen molar-refractivity contribution in [2.24, 2.45) is 17.6 Å². The molecule has 2 aliphatic carbocycles. The molecule has 0 aliphatic heterocycles. The van der Waals surface area contributed by atoms with Gasteiger partial charge in [-0.3, -0.25) is 10.1 Å². The second-order valence-corrected chi connectivity index (χ2v) is 6.39. The summed E-state index contributed by atoms with van der Waals surface area (Å²) in [6, 6.07) is 4.84. The summed E-state index contributed by atoms with van der Waals surface area (Å²) in [4.78, 5) is 10.8. The van der Waals surface area contributed by atoms with E-state index in [0.29, 0.717) is 28.8 Å². The van der Waals surface area contributed by atoms with Gasteiger partial charge in [0.2, 0.25) is 0 Å². The maximum atomic E-state index is 11.1. The smallest absolute Gasteiger partial charge is 0.274 e. The molecule has 0 amide bonds. The first-order chi connectivity index (χ1) is 8.99. The molecule has 4 nitrogen and oxygen atoms in total. The van der Waals surface area contributed by atoms with Crippen molar-refractivity contribution in [3.05, 3.63) is 38.9 Å². The van der Waals surface area contributed by atoms with E-state index in [-0.39, 0.29) is 16.1 Å². The second-order valence-electron chi connectivity index (χ2n) is 5.98. The van der Waals surface area contributed by atoms with Crippen molar-refractivity contribution in [1.82, 2.24) is 0 Å². The molecule has 0 spiro atoms. The summed E-state index contributed by atoms with van der Waals surface area (Å²) < 4.78 is 0. The SMILES string of the molecule is NC1(Cc2c(Cl)cccc2[N+](=O)[O-])CC2CCC1C2. The second kappa shape index (κ2) is 4.46. The van der Waals surface area contributed by atoms with Crippen molar-refractivity contribution in [1.29, 1.82) is 0 Å². The maximum absolute atomic E-state index is 11.1. The minimum atomic E-state index is -0.363. The molecule has 2 saturated carbocycles. The van der Waals surface area contributed by atoms with Crippen LogP contribution in [0.1, 0.15) is 31.2 Å². The number of rotatable bonds is 3. The van der Waals surface area contributed by atoms with Crippen molar-refractivity contribution < 1.29 is 4.92 Å². The summed E-state index contributed by atoms with van der Waals surface area (Å²) in [5, 5.41) is 11.6. The number of nitro groups is 1. The van der Waals surface area contributed by atoms with Gasteiger partial charge in [-0.25, -0.2) is 0 Å². The van der Waals surface area contributed by atoms with Crippen LogP contribution in [0.3, 0.4) is 0 Å². The Bertz CT molecular complexity index is 534. The van der Waals surface area contributed by atoms with Gasteiger partial charge in [-0.1, -0.05) is 24.1 Å². The molecular formula is C14H17ClN2O2. The molecule has 2 bridgehead atoms. The number of hydrogen-bond acceptors (Lipinski definition) is 3. The van der Waals surface area contributed by atoms with E-state index < -0.39 is 0 Å². The van der Waals surface area contributed by atoms with Crippen molar-refractivity contribution in [2.45, 2.75) is 37.6 Å². The van der Waals surface area contributed by atoms with Crippen LogP contribution in [0.25, 0.3) is 0 Å². The Labute approximate surface area is 117 Å². The summed E-state index contributed by atoms with van der Waals surface area (Å²) >= 11 is 6.16. The molecule has 2 fully saturated rings. The zero-order valence-corrected chi connectivity index (χ0v) is 11.4. The molecule has 3 atom stereocenters. The largest absolute Gasteiger partial charge is 0.325 e. The van der Waals surface area contributed by atoms with Crippen LogP contribution in [0.15, 0.2) is 18.2 Å². The lowest BCUT2D eigenvalue weighted by atomic mass is 9.77. The minimum Gasteiger partial charge on any atom is -0.325 e. The number of halogens is 1. The number of nitrogens with zero attached hydrogens (tertiary/aromatic N) is 1. The van der Waals surface area contributed by atoms with Crippen LogP contribution in [0.5, 0.6) is 0 Å². The van der Waals surface area contributed by atoms with Crippen molar-refractivity contribution in [2.75, 3.05) is 0 Å². The zero-order chi connectivity index (χ0) is 13.6. The predicted molar refractivity (Wildman–Crippen MR) is 74.2 cm³/mol. The Balaban J connectivity index is 1.93. The molecule has 102 valence electrons. The molecule has 0 saturated heterocycles. The van der Waals surface area contributed by atoms with E-state index in [4.69, 9.17) is 17.3 Å². The van der Waals surface area contributed by atoms with E-state index in [9.17, 15) is 10.1 Å². The molecule has 2 aliphatic rings. The topological polar surface area (TPSA) is 69.2 Å². The number of hydrogen-bond donors (Lipinski definition) is 1. The molecule has 3 unspecified atom stereocenters. The molecule has 19 heavy (non-hydrogen) atoms. The first kappa shape index (κ1) is 12.9. The van der Waals surface area contributed by atoms with E-state index in [1.807, 2.05) is 0 Å². The molecule has 0 aromatic heterocycles. The van der Waals surface area contributed by atoms with Crippen LogP contribution in [-0.2, 0) is 6.42 Å². The fourth-order valence-corrected chi connectivity index (χ4v) is 4.16. The fourth-order valence-electron chi connectivity index (χ4n) is 3.93. The predicted octanol–water partition coefficient (Wildman–Crippen LogP) is 3.31. The molecule has 2 N–H and O–H groups in total. The van der Waals surface area contributed by atoms with Crippen molar-refractivity contribution in [3.63, 3.8) is 0 Å². The first-order valence-electron chi connectivity index (χ1n) is 6.70. The maximum Gasteiger partial charge on any atom is 0.274 e. The molecule has 0 radical (unpaired) electrons. The summed E-state index contributed by atoms with van der Waals surface area (Å²) in [5.74, 6) is 1.20. The lowest BCUT2D eigenvalue weighted by molar-refractivity contribution is -0.385. The molecule has 3 rings (SSSR count). The number of fused-ring (bicyclic) bond motifs is 2. The van der Waals surface area contributed by atoms with Gasteiger partial charge in [0.15, 0.2) is 0 Å². The number of nitro benzene ring substituents is 1. The quantitative estimate of drug-likeness (QED) is 0.682. The third-order valence-corrected chi connectivity index (χ3v) is 5.17. The van der Waals surface area contributed by atoms with Crippen LogP contribution in [-0.4, -0.2) is 10.5 Å². The van der Waals surface area contributed by atoms with Crippen LogP contribution < -0.4 is 5.73 Å². The first-order valence-corrected chi connectivity index (χ1v) is 7.08. The van der Waals surface area contributed by atoms with Gasteiger partial charge in [0.05, 0.1) is 15.5 Å². The molecule has 1 aromatic carbocycles. The lowest BCUT2D eigenvalue weighted by Gasteiger charge is -2.34. The standard InChI is InChI=1S/C14H17ClN2O2/c15-12-2-1-3-13(17(18)19)11(12)8-14(16)7-9-4-5-10(14)6-9/h1-3,9-10H,4-8,16H2. The lowest BCUT2D eigenvalue weighted by Crippen LogP contribution is -2.47. The van der Waals surface area contributed by atoms with Crippen LogP contribution in [0.4, 0.5) is 5.69 Å². The highest BCUT2D eigenvalue weighted by Crippen LogP contribution is 2.51. The zero-order valence-electron chi connectivity index (χ0n) is 10.6. The van der Waals surface area contributed by atoms with Crippen LogP contribution in [0, 0.1) is 22.0 Å². The van der Waals surface area contributed by atoms with Gasteiger partial charge in [-0.2, -0.15) is 0 Å². The van der Waals surface area contributed by atoms with Gasteiger partial charge in [0.1, 0.15) is 0 Å². The Morgan fingerprint density at radius 1 is 1.47 bits per heavy atom. The number of nitrogens with two attached hydrogens (primary N) is 1. The summed E-state index contributed by atoms with van der Waals surface area (Å²) in [6.07, 6.45) is 5.08. The third-order valence-electron chi connectivity index (χ3n) is 4.82. The van der Waals surface area contributed by atoms with E-state index in [1.165, 1.54) is 18.9 Å². The average Bonchev–Trinajstić information content (AvgIpc) is 2.91. The van der Waals surface area contributed by atoms with E-state index >= 15 is 0 Å². The average molecular weight is 281 g/mol. The van der Waals surface area contributed by atoms with Crippen LogP contribution >= 0.6 is 11.6 Å². The van der Waals surface area contributed by atoms with E-state index in [2.05, 4.69) is 0 Å². The summed E-state index contributed by atoms with van der Waals surface area (Å²) in [7, 11) is 0. The summed E-state index contributed by atoms with van der Waals surface area (Å²) in [5.41, 5.74) is 6.92. The Kier molecular flexibility index (Phi) is 3.02. The van der Waals surface area contributed by atoms with E-state index in [1.54, 1.807) is 12.1 Å². The monoisotopic (exact) mass is 280 g/mol. The normalized spacial score (nSPS) is 32.7. The highest BCUT2D eigenvalue weighted by atomic mass is 35.5. The van der Waals surface area contributed by atoms with E-state index in [0.717, 1.165) is 12.8 Å². The third kappa shape index (κ3) is 2.13. The van der Waals surface area contributed by atoms with Gasteiger partial charge in [-0.15, -0.1) is 0 Å². The minimum absolute atomic E-state index is 0.0973. The van der Waals surface area contributed by atoms with Crippen molar-refractivity contribution in [3.8, 4) is 0 Å². The molecule has 1 aromatic rings. The highest BCUT2D eigenvalue weighted by Gasteiger charge is 2.49. The fraction of sp³-hybridized carbons (Fsp3) is 0.571. The van der Waals surface area contributed by atoms with Gasteiger partial charge in [0, 0.05) is 11.6 Å². The Hall–Kier alpha value is -1.13. The molecule has 5 heteroatoms. The molecule has 0 heterocycles. The number of benzene rings is 1. The summed E-state index contributed by atoms with van der Waals surface area (Å²) in [6.45, 7) is 0. The van der Waals surface area contributed by atoms with Gasteiger partial charge < -0.3 is 5.73 Å². The Morgan fingerprint density at radius 3 is 2.84 bits per heavy atom. The van der Waals surface area contributed by atoms with Gasteiger partial charge in [-0.05, 0) is 43.6 Å². The van der Waals surface area contributed by atoms with Crippen molar-refractivity contribution >= 4 is 17.3 Å². The van der Waals surface area contributed by atoms with Gasteiger partial charge >= 0.3 is 0 Å². The highest BCUT2D eigenvalue weighted by molar-refractivity contribution is 6.31. The Morgan fingerprint density at radius 2 is 2.26 bits per heavy atom.